The number of ether oxygens (including phenoxy) is 4. The average Bonchev–Trinajstić information content (AvgIpc) is 3.47. The average molecular weight is 517 g/mol. The molecule has 36 heavy (non-hydrogen) atoms. The van der Waals surface area contributed by atoms with Gasteiger partial charge >= 0.3 is 0 Å². The van der Waals surface area contributed by atoms with E-state index in [1.165, 1.54) is 0 Å². The molecule has 3 aromatic rings. The van der Waals surface area contributed by atoms with Crippen molar-refractivity contribution in [1.82, 2.24) is 5.16 Å². The van der Waals surface area contributed by atoms with Gasteiger partial charge in [-0.1, -0.05) is 30.6 Å². The molecule has 8 nitrogen and oxygen atoms in total. The Labute approximate surface area is 216 Å². The Morgan fingerprint density at radius 1 is 1.17 bits per heavy atom. The first-order valence-corrected chi connectivity index (χ1v) is 12.4. The van der Waals surface area contributed by atoms with Crippen LogP contribution in [0.2, 0.25) is 5.02 Å². The summed E-state index contributed by atoms with van der Waals surface area (Å²) in [5, 5.41) is 7.05. The predicted molar refractivity (Wildman–Crippen MR) is 139 cm³/mol. The fourth-order valence-electron chi connectivity index (χ4n) is 3.39. The lowest BCUT2D eigenvalue weighted by Gasteiger charge is -2.17. The van der Waals surface area contributed by atoms with E-state index in [0.717, 1.165) is 5.56 Å². The Bertz CT molecular complexity index is 1140. The molecule has 2 aromatic carbocycles. The van der Waals surface area contributed by atoms with Crippen LogP contribution in [0.1, 0.15) is 52.0 Å². The molecule has 1 fully saturated rings. The second-order valence-electron chi connectivity index (χ2n) is 8.63. The standard InChI is InChI=1S/C25H27ClN2O6.C2H6/c1-15(2)32-22-10-7-17(11-20(22)26)27-24(29)21-12-23(34-28-21)16-5-8-18(9-6-16)30-13-19-14-31-25(3,4)33-19;1-2/h5-12,15,19H,13-14H2,1-4H3,(H,27,29);1-2H3. The van der Waals surface area contributed by atoms with Crippen LogP contribution in [0.3, 0.4) is 0 Å². The molecule has 0 saturated carbocycles. The Hall–Kier alpha value is -3.07. The van der Waals surface area contributed by atoms with Gasteiger partial charge in [-0.2, -0.15) is 0 Å². The summed E-state index contributed by atoms with van der Waals surface area (Å²) >= 11 is 6.24. The van der Waals surface area contributed by atoms with Crippen molar-refractivity contribution in [3.05, 3.63) is 59.2 Å². The van der Waals surface area contributed by atoms with Crippen LogP contribution in [-0.2, 0) is 9.47 Å². The summed E-state index contributed by atoms with van der Waals surface area (Å²) < 4.78 is 28.0. The monoisotopic (exact) mass is 516 g/mol. The van der Waals surface area contributed by atoms with Crippen molar-refractivity contribution >= 4 is 23.2 Å². The number of rotatable bonds is 8. The Morgan fingerprint density at radius 3 is 2.50 bits per heavy atom. The van der Waals surface area contributed by atoms with Crippen molar-refractivity contribution in [2.45, 2.75) is 59.5 Å². The van der Waals surface area contributed by atoms with Crippen molar-refractivity contribution < 1.29 is 28.3 Å². The van der Waals surface area contributed by atoms with Crippen LogP contribution in [-0.4, -0.2) is 42.3 Å². The summed E-state index contributed by atoms with van der Waals surface area (Å²) in [5.41, 5.74) is 1.44. The molecule has 1 unspecified atom stereocenters. The lowest BCUT2D eigenvalue weighted by atomic mass is 10.1. The van der Waals surface area contributed by atoms with E-state index in [2.05, 4.69) is 10.5 Å². The number of nitrogens with zero attached hydrogens (tertiary/aromatic N) is 1. The third-order valence-electron chi connectivity index (χ3n) is 4.94. The molecule has 0 bridgehead atoms. The number of hydrogen-bond acceptors (Lipinski definition) is 7. The van der Waals surface area contributed by atoms with E-state index >= 15 is 0 Å². The molecule has 1 amide bonds. The predicted octanol–water partition coefficient (Wildman–Crippen LogP) is 6.59. The SMILES string of the molecule is CC.CC(C)Oc1ccc(NC(=O)c2cc(-c3ccc(OCC4COC(C)(C)O4)cc3)on2)cc1Cl. The fourth-order valence-corrected chi connectivity index (χ4v) is 3.62. The largest absolute Gasteiger partial charge is 0.491 e. The highest BCUT2D eigenvalue weighted by molar-refractivity contribution is 6.32. The van der Waals surface area contributed by atoms with Gasteiger partial charge in [0, 0.05) is 17.3 Å². The molecule has 1 N–H and O–H groups in total. The molecular formula is C27H33ClN2O6. The first-order valence-electron chi connectivity index (χ1n) is 12.0. The van der Waals surface area contributed by atoms with Gasteiger partial charge < -0.3 is 28.8 Å². The van der Waals surface area contributed by atoms with Crippen LogP contribution >= 0.6 is 11.6 Å². The third kappa shape index (κ3) is 7.46. The van der Waals surface area contributed by atoms with Gasteiger partial charge in [-0.3, -0.25) is 4.79 Å². The quantitative estimate of drug-likeness (QED) is 0.361. The van der Waals surface area contributed by atoms with Crippen LogP contribution in [0.15, 0.2) is 53.1 Å². The second kappa shape index (κ2) is 12.3. The van der Waals surface area contributed by atoms with Crippen molar-refractivity contribution in [3.63, 3.8) is 0 Å². The van der Waals surface area contributed by atoms with E-state index in [1.807, 2.05) is 65.8 Å². The summed E-state index contributed by atoms with van der Waals surface area (Å²) in [7, 11) is 0. The number of benzene rings is 2. The van der Waals surface area contributed by atoms with E-state index in [0.29, 0.717) is 41.2 Å². The van der Waals surface area contributed by atoms with Gasteiger partial charge in [0.15, 0.2) is 17.2 Å². The molecule has 4 rings (SSSR count). The van der Waals surface area contributed by atoms with Crippen molar-refractivity contribution in [2.75, 3.05) is 18.5 Å². The summed E-state index contributed by atoms with van der Waals surface area (Å²) in [6, 6.07) is 13.9. The molecular weight excluding hydrogens is 484 g/mol. The number of anilines is 1. The third-order valence-corrected chi connectivity index (χ3v) is 5.23. The van der Waals surface area contributed by atoms with Gasteiger partial charge in [0.1, 0.15) is 24.2 Å². The zero-order valence-electron chi connectivity index (χ0n) is 21.5. The first-order chi connectivity index (χ1) is 17.2. The molecule has 0 aliphatic carbocycles. The molecule has 2 heterocycles. The van der Waals surface area contributed by atoms with Gasteiger partial charge in [-0.25, -0.2) is 0 Å². The highest BCUT2D eigenvalue weighted by Crippen LogP contribution is 2.29. The summed E-state index contributed by atoms with van der Waals surface area (Å²) in [4.78, 5) is 12.6. The Balaban J connectivity index is 0.00000176. The molecule has 1 aliphatic heterocycles. The highest BCUT2D eigenvalue weighted by Gasteiger charge is 2.32. The number of halogens is 1. The lowest BCUT2D eigenvalue weighted by Crippen LogP contribution is -2.25. The van der Waals surface area contributed by atoms with E-state index in [-0.39, 0.29) is 17.9 Å². The minimum atomic E-state index is -0.577. The van der Waals surface area contributed by atoms with Gasteiger partial charge in [0.2, 0.25) is 0 Å². The van der Waals surface area contributed by atoms with Crippen molar-refractivity contribution in [2.24, 2.45) is 0 Å². The molecule has 1 aromatic heterocycles. The smallest absolute Gasteiger partial charge is 0.277 e. The van der Waals surface area contributed by atoms with Gasteiger partial charge in [0.05, 0.1) is 17.7 Å². The summed E-state index contributed by atoms with van der Waals surface area (Å²) in [5.74, 6) is 0.719. The molecule has 0 radical (unpaired) electrons. The highest BCUT2D eigenvalue weighted by atomic mass is 35.5. The number of hydrogen-bond donors (Lipinski definition) is 1. The Morgan fingerprint density at radius 2 is 1.89 bits per heavy atom. The topological polar surface area (TPSA) is 92.1 Å². The molecule has 1 saturated heterocycles. The van der Waals surface area contributed by atoms with Gasteiger partial charge in [0.25, 0.3) is 5.91 Å². The molecule has 194 valence electrons. The first kappa shape index (κ1) is 27.5. The van der Waals surface area contributed by atoms with Crippen LogP contribution in [0.5, 0.6) is 11.5 Å². The van der Waals surface area contributed by atoms with E-state index < -0.39 is 11.7 Å². The van der Waals surface area contributed by atoms with Gasteiger partial charge in [-0.05, 0) is 70.2 Å². The van der Waals surface area contributed by atoms with E-state index in [4.69, 9.17) is 35.1 Å². The van der Waals surface area contributed by atoms with Crippen LogP contribution in [0.25, 0.3) is 11.3 Å². The summed E-state index contributed by atoms with van der Waals surface area (Å²) in [6.45, 7) is 12.5. The molecule has 1 aliphatic rings. The maximum atomic E-state index is 12.6. The number of carbonyl (C=O) groups excluding carboxylic acids is 1. The maximum absolute atomic E-state index is 12.6. The number of amides is 1. The number of nitrogens with one attached hydrogen (secondary N) is 1. The van der Waals surface area contributed by atoms with Crippen molar-refractivity contribution in [1.29, 1.82) is 0 Å². The zero-order chi connectivity index (χ0) is 26.3. The van der Waals surface area contributed by atoms with Gasteiger partial charge in [-0.15, -0.1) is 0 Å². The zero-order valence-corrected chi connectivity index (χ0v) is 22.2. The van der Waals surface area contributed by atoms with Crippen LogP contribution < -0.4 is 14.8 Å². The van der Waals surface area contributed by atoms with E-state index in [1.54, 1.807) is 24.3 Å². The molecule has 1 atom stereocenters. The second-order valence-corrected chi connectivity index (χ2v) is 9.04. The Kier molecular flexibility index (Phi) is 9.37. The minimum Gasteiger partial charge on any atom is -0.491 e. The maximum Gasteiger partial charge on any atom is 0.277 e. The van der Waals surface area contributed by atoms with Crippen LogP contribution in [0.4, 0.5) is 5.69 Å². The number of aromatic nitrogens is 1. The number of carbonyl (C=O) groups is 1. The fraction of sp³-hybridized carbons (Fsp3) is 0.407. The lowest BCUT2D eigenvalue weighted by molar-refractivity contribution is -0.141. The van der Waals surface area contributed by atoms with E-state index in [9.17, 15) is 4.79 Å². The normalized spacial score (nSPS) is 16.3. The molecule has 0 spiro atoms. The van der Waals surface area contributed by atoms with Crippen LogP contribution in [0, 0.1) is 0 Å². The minimum absolute atomic E-state index is 0.00422. The van der Waals surface area contributed by atoms with Crippen molar-refractivity contribution in [3.8, 4) is 22.8 Å². The summed E-state index contributed by atoms with van der Waals surface area (Å²) in [6.07, 6.45) is -0.116. The molecule has 9 heteroatoms.